The third-order valence-electron chi connectivity index (χ3n) is 6.02. The number of nitrogens with one attached hydrogen (secondary N) is 3. The van der Waals surface area contributed by atoms with E-state index in [0.29, 0.717) is 24.3 Å². The molecule has 1 aliphatic carbocycles. The Bertz CT molecular complexity index is 1150. The first-order chi connectivity index (χ1) is 16.6. The Morgan fingerprint density at radius 1 is 1.21 bits per heavy atom. The molecule has 3 aromatic rings. The van der Waals surface area contributed by atoms with Crippen molar-refractivity contribution in [2.45, 2.75) is 25.7 Å². The van der Waals surface area contributed by atoms with Crippen LogP contribution in [0, 0.1) is 5.82 Å². The number of halogens is 1. The van der Waals surface area contributed by atoms with Gasteiger partial charge in [0.25, 0.3) is 0 Å². The van der Waals surface area contributed by atoms with E-state index in [1.807, 2.05) is 31.2 Å². The van der Waals surface area contributed by atoms with Crippen LogP contribution >= 0.6 is 0 Å². The number of benzene rings is 1. The molecule has 178 valence electrons. The van der Waals surface area contributed by atoms with Gasteiger partial charge in [-0.05, 0) is 44.5 Å². The van der Waals surface area contributed by atoms with E-state index in [0.717, 1.165) is 68.2 Å². The molecule has 1 aromatic carbocycles. The fourth-order valence-electron chi connectivity index (χ4n) is 4.02. The molecule has 34 heavy (non-hydrogen) atoms. The van der Waals surface area contributed by atoms with E-state index in [4.69, 9.17) is 4.74 Å². The zero-order valence-corrected chi connectivity index (χ0v) is 19.2. The Balaban J connectivity index is 1.24. The Hall–Kier alpha value is -3.82. The maximum atomic E-state index is 14.3. The van der Waals surface area contributed by atoms with Crippen molar-refractivity contribution in [1.82, 2.24) is 25.1 Å². The summed E-state index contributed by atoms with van der Waals surface area (Å²) in [6.45, 7) is 10.0. The smallest absolute Gasteiger partial charge is 0.229 e. The number of rotatable bonds is 9. The summed E-state index contributed by atoms with van der Waals surface area (Å²) < 4.78 is 19.9. The second kappa shape index (κ2) is 9.58. The molecule has 0 atom stereocenters. The summed E-state index contributed by atoms with van der Waals surface area (Å²) >= 11 is 0. The minimum Gasteiger partial charge on any atom is -0.480 e. The van der Waals surface area contributed by atoms with Gasteiger partial charge in [0.2, 0.25) is 5.95 Å². The van der Waals surface area contributed by atoms with E-state index < -0.39 is 5.82 Å². The lowest BCUT2D eigenvalue weighted by atomic mass is 10.2. The van der Waals surface area contributed by atoms with Crippen LogP contribution < -0.4 is 15.5 Å². The topological polar surface area (TPSA) is 94.2 Å². The van der Waals surface area contributed by atoms with Gasteiger partial charge in [-0.25, -0.2) is 9.37 Å². The highest BCUT2D eigenvalue weighted by Gasteiger charge is 2.25. The molecule has 0 amide bonds. The number of anilines is 5. The zero-order chi connectivity index (χ0) is 23.5. The van der Waals surface area contributed by atoms with Crippen LogP contribution in [0.1, 0.15) is 31.4 Å². The van der Waals surface area contributed by atoms with Crippen LogP contribution in [0.2, 0.25) is 0 Å². The van der Waals surface area contributed by atoms with Crippen LogP contribution in [0.25, 0.3) is 0 Å². The SMILES string of the molecule is C=C(OCC)N1CCN(c2cccc(Nc3ncc(F)c(Nc4cc(C5CC5)[nH]n4)n3)c2)CC1. The van der Waals surface area contributed by atoms with E-state index in [1.165, 1.54) is 0 Å². The third kappa shape index (κ3) is 5.05. The maximum Gasteiger partial charge on any atom is 0.229 e. The number of hydrogen-bond donors (Lipinski definition) is 3. The molecular weight excluding hydrogens is 435 g/mol. The summed E-state index contributed by atoms with van der Waals surface area (Å²) in [5.74, 6) is 1.65. The van der Waals surface area contributed by atoms with Crippen molar-refractivity contribution in [3.05, 3.63) is 60.5 Å². The summed E-state index contributed by atoms with van der Waals surface area (Å²) in [5.41, 5.74) is 2.98. The van der Waals surface area contributed by atoms with Crippen molar-refractivity contribution < 1.29 is 9.13 Å². The van der Waals surface area contributed by atoms with Gasteiger partial charge in [0.1, 0.15) is 0 Å². The van der Waals surface area contributed by atoms with E-state index in [-0.39, 0.29) is 5.82 Å². The highest BCUT2D eigenvalue weighted by Crippen LogP contribution is 2.39. The molecule has 1 saturated carbocycles. The quantitative estimate of drug-likeness (QED) is 0.403. The second-order valence-electron chi connectivity index (χ2n) is 8.47. The number of H-pyrrole nitrogens is 1. The Morgan fingerprint density at radius 2 is 2.03 bits per heavy atom. The summed E-state index contributed by atoms with van der Waals surface area (Å²) in [6.07, 6.45) is 3.48. The first-order valence-electron chi connectivity index (χ1n) is 11.6. The number of aromatic nitrogens is 4. The molecule has 10 heteroatoms. The minimum atomic E-state index is -0.540. The largest absolute Gasteiger partial charge is 0.480 e. The van der Waals surface area contributed by atoms with Crippen molar-refractivity contribution in [3.63, 3.8) is 0 Å². The monoisotopic (exact) mass is 464 g/mol. The summed E-state index contributed by atoms with van der Waals surface area (Å²) in [6, 6.07) is 9.94. The van der Waals surface area contributed by atoms with Gasteiger partial charge in [-0.3, -0.25) is 5.10 Å². The van der Waals surface area contributed by atoms with Gasteiger partial charge < -0.3 is 25.2 Å². The molecule has 2 aliphatic rings. The normalized spacial score (nSPS) is 15.8. The molecule has 9 nitrogen and oxygen atoms in total. The molecule has 0 bridgehead atoms. The first-order valence-corrected chi connectivity index (χ1v) is 11.6. The molecule has 2 aromatic heterocycles. The van der Waals surface area contributed by atoms with Crippen LogP contribution in [0.3, 0.4) is 0 Å². The molecule has 1 aliphatic heterocycles. The predicted molar refractivity (Wildman–Crippen MR) is 130 cm³/mol. The fraction of sp³-hybridized carbons (Fsp3) is 0.375. The summed E-state index contributed by atoms with van der Waals surface area (Å²) in [7, 11) is 0. The van der Waals surface area contributed by atoms with Crippen LogP contribution in [0.5, 0.6) is 0 Å². The fourth-order valence-corrected chi connectivity index (χ4v) is 4.02. The van der Waals surface area contributed by atoms with Gasteiger partial charge in [0, 0.05) is 55.2 Å². The van der Waals surface area contributed by atoms with Crippen LogP contribution in [-0.2, 0) is 4.74 Å². The van der Waals surface area contributed by atoms with Crippen molar-refractivity contribution >= 4 is 29.0 Å². The summed E-state index contributed by atoms with van der Waals surface area (Å²) in [5, 5.41) is 13.3. The Morgan fingerprint density at radius 3 is 2.79 bits per heavy atom. The number of ether oxygens (including phenoxy) is 1. The average Bonchev–Trinajstić information content (AvgIpc) is 3.60. The molecule has 0 unspecified atom stereocenters. The molecule has 3 N–H and O–H groups in total. The number of aromatic amines is 1. The second-order valence-corrected chi connectivity index (χ2v) is 8.47. The number of piperazine rings is 1. The number of nitrogens with zero attached hydrogens (tertiary/aromatic N) is 5. The van der Waals surface area contributed by atoms with Gasteiger partial charge in [-0.2, -0.15) is 10.1 Å². The maximum absolute atomic E-state index is 14.3. The first kappa shape index (κ1) is 22.0. The van der Waals surface area contributed by atoms with Gasteiger partial charge >= 0.3 is 0 Å². The van der Waals surface area contributed by atoms with Crippen LogP contribution in [0.4, 0.5) is 33.3 Å². The zero-order valence-electron chi connectivity index (χ0n) is 19.2. The molecule has 5 rings (SSSR count). The third-order valence-corrected chi connectivity index (χ3v) is 6.02. The molecule has 1 saturated heterocycles. The van der Waals surface area contributed by atoms with E-state index >= 15 is 0 Å². The van der Waals surface area contributed by atoms with E-state index in [1.54, 1.807) is 0 Å². The van der Waals surface area contributed by atoms with Gasteiger partial charge in [0.05, 0.1) is 12.8 Å². The van der Waals surface area contributed by atoms with Crippen molar-refractivity contribution in [1.29, 1.82) is 0 Å². The van der Waals surface area contributed by atoms with Gasteiger partial charge in [-0.1, -0.05) is 6.07 Å². The lowest BCUT2D eigenvalue weighted by molar-refractivity contribution is 0.118. The molecule has 2 fully saturated rings. The molecule has 3 heterocycles. The van der Waals surface area contributed by atoms with E-state index in [9.17, 15) is 4.39 Å². The number of hydrogen-bond acceptors (Lipinski definition) is 8. The minimum absolute atomic E-state index is 0.0770. The molecule has 0 spiro atoms. The Kier molecular flexibility index (Phi) is 6.20. The van der Waals surface area contributed by atoms with Crippen molar-refractivity contribution in [2.75, 3.05) is 48.3 Å². The highest BCUT2D eigenvalue weighted by atomic mass is 19.1. The van der Waals surface area contributed by atoms with Gasteiger partial charge in [-0.15, -0.1) is 0 Å². The lowest BCUT2D eigenvalue weighted by Crippen LogP contribution is -2.46. The van der Waals surface area contributed by atoms with Crippen LogP contribution in [0.15, 0.2) is 49.0 Å². The highest BCUT2D eigenvalue weighted by molar-refractivity contribution is 5.63. The van der Waals surface area contributed by atoms with Crippen molar-refractivity contribution in [3.8, 4) is 0 Å². The van der Waals surface area contributed by atoms with Crippen molar-refractivity contribution in [2.24, 2.45) is 0 Å². The lowest BCUT2D eigenvalue weighted by Gasteiger charge is -2.37. The van der Waals surface area contributed by atoms with Gasteiger partial charge in [0.15, 0.2) is 23.3 Å². The van der Waals surface area contributed by atoms with Crippen LogP contribution in [-0.4, -0.2) is 57.9 Å². The standard InChI is InChI=1S/C24H29FN8O/c1-3-34-16(2)32-9-11-33(12-10-32)19-6-4-5-18(13-19)27-24-26-15-20(25)23(29-24)28-22-14-21(30-31-22)17-7-8-17/h4-6,13-15,17H,2-3,7-12H2,1H3,(H3,26,27,28,29,30,31). The summed E-state index contributed by atoms with van der Waals surface area (Å²) in [4.78, 5) is 12.9. The molecule has 0 radical (unpaired) electrons. The average molecular weight is 465 g/mol. The Labute approximate surface area is 198 Å². The molecular formula is C24H29FN8O. The predicted octanol–water partition coefficient (Wildman–Crippen LogP) is 4.33. The van der Waals surface area contributed by atoms with E-state index in [2.05, 4.69) is 53.2 Å².